The van der Waals surface area contributed by atoms with Gasteiger partial charge in [0.05, 0.1) is 34.5 Å². The van der Waals surface area contributed by atoms with Crippen LogP contribution in [0.2, 0.25) is 10.0 Å². The molecule has 2 aromatic rings. The van der Waals surface area contributed by atoms with Crippen LogP contribution in [-0.4, -0.2) is 55.3 Å². The molecule has 1 atom stereocenters. The van der Waals surface area contributed by atoms with Gasteiger partial charge in [-0.1, -0.05) is 47.5 Å². The summed E-state index contributed by atoms with van der Waals surface area (Å²) in [6.07, 6.45) is 1.94. The van der Waals surface area contributed by atoms with Gasteiger partial charge in [0.15, 0.2) is 5.17 Å². The molecule has 0 N–H and O–H groups in total. The SMILES string of the molecule is COc1ccccc1C1C(C(=O)OCCN(C)C)=C(C)N=C2SC(c3c(Cl)cccc3Cl)=CN21. The third-order valence-corrected chi connectivity index (χ3v) is 7.16. The largest absolute Gasteiger partial charge is 0.496 e. The minimum atomic E-state index is -0.484. The van der Waals surface area contributed by atoms with Crippen molar-refractivity contribution in [2.45, 2.75) is 13.0 Å². The van der Waals surface area contributed by atoms with Crippen LogP contribution in [0.4, 0.5) is 0 Å². The van der Waals surface area contributed by atoms with Gasteiger partial charge in [0.25, 0.3) is 0 Å². The van der Waals surface area contributed by atoms with E-state index in [4.69, 9.17) is 37.7 Å². The molecule has 0 radical (unpaired) electrons. The summed E-state index contributed by atoms with van der Waals surface area (Å²) in [5.41, 5.74) is 2.64. The molecule has 2 aliphatic heterocycles. The van der Waals surface area contributed by atoms with Gasteiger partial charge in [-0.2, -0.15) is 0 Å². The molecule has 0 spiro atoms. The Morgan fingerprint density at radius 3 is 2.53 bits per heavy atom. The number of allylic oxidation sites excluding steroid dienone is 1. The van der Waals surface area contributed by atoms with Crippen molar-refractivity contribution in [2.75, 3.05) is 34.4 Å². The van der Waals surface area contributed by atoms with E-state index >= 15 is 0 Å². The van der Waals surface area contributed by atoms with Crippen LogP contribution in [0.15, 0.2) is 64.9 Å². The Hall–Kier alpha value is -2.45. The number of likely N-dealkylation sites (N-methyl/N-ethyl adjacent to an activating group) is 1. The number of thioether (sulfide) groups is 1. The van der Waals surface area contributed by atoms with E-state index in [1.807, 2.05) is 67.4 Å². The molecular formula is C25H25Cl2N3O3S. The Labute approximate surface area is 213 Å². The molecule has 2 aromatic carbocycles. The fraction of sp³-hybridized carbons (Fsp3) is 0.280. The van der Waals surface area contributed by atoms with Crippen LogP contribution in [0.3, 0.4) is 0 Å². The molecule has 0 fully saturated rings. The number of amidine groups is 1. The van der Waals surface area contributed by atoms with Crippen LogP contribution in [0.25, 0.3) is 4.91 Å². The van der Waals surface area contributed by atoms with E-state index in [9.17, 15) is 4.79 Å². The van der Waals surface area contributed by atoms with Gasteiger partial charge in [-0.05, 0) is 51.0 Å². The average molecular weight is 518 g/mol. The first-order valence-corrected chi connectivity index (χ1v) is 12.3. The maximum atomic E-state index is 13.3. The predicted molar refractivity (Wildman–Crippen MR) is 139 cm³/mol. The van der Waals surface area contributed by atoms with Crippen molar-refractivity contribution >= 4 is 51.0 Å². The number of carbonyl (C=O) groups is 1. The second-order valence-electron chi connectivity index (χ2n) is 8.08. The maximum absolute atomic E-state index is 13.3. The van der Waals surface area contributed by atoms with Crippen LogP contribution in [0, 0.1) is 0 Å². The summed E-state index contributed by atoms with van der Waals surface area (Å²) in [5, 5.41) is 1.83. The number of fused-ring (bicyclic) bond motifs is 1. The molecule has 2 heterocycles. The number of para-hydroxylation sites is 1. The van der Waals surface area contributed by atoms with E-state index in [2.05, 4.69) is 0 Å². The van der Waals surface area contributed by atoms with E-state index in [0.29, 0.717) is 33.6 Å². The molecule has 0 aliphatic carbocycles. The molecule has 0 saturated carbocycles. The lowest BCUT2D eigenvalue weighted by atomic mass is 9.94. The Morgan fingerprint density at radius 2 is 1.85 bits per heavy atom. The Morgan fingerprint density at radius 1 is 1.15 bits per heavy atom. The van der Waals surface area contributed by atoms with Gasteiger partial charge in [-0.25, -0.2) is 9.79 Å². The van der Waals surface area contributed by atoms with Gasteiger partial charge in [-0.15, -0.1) is 0 Å². The lowest BCUT2D eigenvalue weighted by Gasteiger charge is -2.34. The molecule has 1 unspecified atom stereocenters. The molecule has 0 bridgehead atoms. The Bertz CT molecular complexity index is 1190. The van der Waals surface area contributed by atoms with Gasteiger partial charge in [0.2, 0.25) is 0 Å². The van der Waals surface area contributed by atoms with E-state index < -0.39 is 12.0 Å². The number of halogens is 2. The monoisotopic (exact) mass is 517 g/mol. The molecule has 34 heavy (non-hydrogen) atoms. The zero-order valence-electron chi connectivity index (χ0n) is 19.3. The van der Waals surface area contributed by atoms with Crippen LogP contribution in [-0.2, 0) is 9.53 Å². The molecular weight excluding hydrogens is 493 g/mol. The smallest absolute Gasteiger partial charge is 0.338 e. The summed E-state index contributed by atoms with van der Waals surface area (Å²) in [6.45, 7) is 2.74. The van der Waals surface area contributed by atoms with Crippen LogP contribution < -0.4 is 4.74 Å². The first kappa shape index (κ1) is 24.7. The molecule has 6 nitrogen and oxygen atoms in total. The second-order valence-corrected chi connectivity index (χ2v) is 9.90. The zero-order valence-corrected chi connectivity index (χ0v) is 21.7. The molecule has 178 valence electrons. The van der Waals surface area contributed by atoms with Crippen molar-refractivity contribution < 1.29 is 14.3 Å². The number of rotatable bonds is 7. The molecule has 9 heteroatoms. The van der Waals surface area contributed by atoms with Crippen molar-refractivity contribution in [3.8, 4) is 5.75 Å². The topological polar surface area (TPSA) is 54.4 Å². The fourth-order valence-electron chi connectivity index (χ4n) is 3.87. The normalized spacial score (nSPS) is 17.5. The van der Waals surface area contributed by atoms with Gasteiger partial charge >= 0.3 is 5.97 Å². The minimum Gasteiger partial charge on any atom is -0.496 e. The maximum Gasteiger partial charge on any atom is 0.338 e. The average Bonchev–Trinajstić information content (AvgIpc) is 3.20. The summed E-state index contributed by atoms with van der Waals surface area (Å²) in [6, 6.07) is 12.6. The Kier molecular flexibility index (Phi) is 7.57. The second kappa shape index (κ2) is 10.4. The number of nitrogens with zero attached hydrogens (tertiary/aromatic N) is 3. The summed E-state index contributed by atoms with van der Waals surface area (Å²) in [4.78, 5) is 22.8. The Balaban J connectivity index is 1.80. The third kappa shape index (κ3) is 4.84. The number of hydrogen-bond acceptors (Lipinski definition) is 7. The lowest BCUT2D eigenvalue weighted by Crippen LogP contribution is -2.34. The van der Waals surface area contributed by atoms with E-state index in [-0.39, 0.29) is 6.61 Å². The highest BCUT2D eigenvalue weighted by Crippen LogP contribution is 2.50. The standard InChI is InChI=1S/C25H25Cl2N3O3S/c1-15-21(24(31)33-13-12-29(2)3)23(16-8-5-6-11-19(16)32-4)30-14-20(34-25(30)28-15)22-17(26)9-7-10-18(22)27/h5-11,14,23H,12-13H2,1-4H3. The van der Waals surface area contributed by atoms with Crippen molar-refractivity contribution in [2.24, 2.45) is 4.99 Å². The van der Waals surface area contributed by atoms with Crippen molar-refractivity contribution in [1.82, 2.24) is 9.80 Å². The van der Waals surface area contributed by atoms with Crippen molar-refractivity contribution in [3.05, 3.63) is 81.1 Å². The van der Waals surface area contributed by atoms with Crippen molar-refractivity contribution in [1.29, 1.82) is 0 Å². The molecule has 0 amide bonds. The number of esters is 1. The number of hydrogen-bond donors (Lipinski definition) is 0. The first-order valence-electron chi connectivity index (χ1n) is 10.7. The minimum absolute atomic E-state index is 0.281. The summed E-state index contributed by atoms with van der Waals surface area (Å²) in [7, 11) is 5.48. The summed E-state index contributed by atoms with van der Waals surface area (Å²) < 4.78 is 11.3. The number of carbonyl (C=O) groups excluding carboxylic acids is 1. The highest BCUT2D eigenvalue weighted by atomic mass is 35.5. The molecule has 2 aliphatic rings. The zero-order chi connectivity index (χ0) is 24.4. The number of benzene rings is 2. The van der Waals surface area contributed by atoms with Crippen LogP contribution >= 0.6 is 35.0 Å². The fourth-order valence-corrected chi connectivity index (χ4v) is 5.71. The van der Waals surface area contributed by atoms with E-state index in [1.165, 1.54) is 11.8 Å². The third-order valence-electron chi connectivity index (χ3n) is 5.52. The van der Waals surface area contributed by atoms with Gasteiger partial charge in [0.1, 0.15) is 12.4 Å². The predicted octanol–water partition coefficient (Wildman–Crippen LogP) is 5.84. The first-order chi connectivity index (χ1) is 16.3. The molecule has 4 rings (SSSR count). The number of methoxy groups -OCH3 is 1. The quantitative estimate of drug-likeness (QED) is 0.430. The van der Waals surface area contributed by atoms with Gasteiger partial charge in [0, 0.05) is 28.8 Å². The highest BCUT2D eigenvalue weighted by Gasteiger charge is 2.41. The highest BCUT2D eigenvalue weighted by molar-refractivity contribution is 8.22. The number of ether oxygens (including phenoxy) is 2. The van der Waals surface area contributed by atoms with Gasteiger partial charge < -0.3 is 19.3 Å². The summed E-state index contributed by atoms with van der Waals surface area (Å²) in [5.74, 6) is 0.267. The number of aliphatic imine (C=N–C) groups is 1. The summed E-state index contributed by atoms with van der Waals surface area (Å²) >= 11 is 14.4. The molecule has 0 aromatic heterocycles. The molecule has 0 saturated heterocycles. The van der Waals surface area contributed by atoms with Crippen molar-refractivity contribution in [3.63, 3.8) is 0 Å². The van der Waals surface area contributed by atoms with Crippen LogP contribution in [0.1, 0.15) is 24.1 Å². The van der Waals surface area contributed by atoms with Gasteiger partial charge in [-0.3, -0.25) is 0 Å². The van der Waals surface area contributed by atoms with Crippen LogP contribution in [0.5, 0.6) is 5.75 Å². The lowest BCUT2D eigenvalue weighted by molar-refractivity contribution is -0.140. The van der Waals surface area contributed by atoms with E-state index in [0.717, 1.165) is 21.2 Å². The van der Waals surface area contributed by atoms with E-state index in [1.54, 1.807) is 19.2 Å².